The van der Waals surface area contributed by atoms with E-state index >= 15 is 0 Å². The molecule has 0 aliphatic rings. The van der Waals surface area contributed by atoms with Gasteiger partial charge in [0.1, 0.15) is 6.61 Å². The van der Waals surface area contributed by atoms with Gasteiger partial charge in [-0.3, -0.25) is 5.10 Å². The van der Waals surface area contributed by atoms with E-state index < -0.39 is 0 Å². The molecule has 68 valence electrons. The van der Waals surface area contributed by atoms with Crippen molar-refractivity contribution in [1.29, 1.82) is 0 Å². The summed E-state index contributed by atoms with van der Waals surface area (Å²) >= 11 is 0. The molecular formula is C8H15N3O. The minimum absolute atomic E-state index is 0.00247. The third-order valence-corrected chi connectivity index (χ3v) is 1.48. The van der Waals surface area contributed by atoms with Crippen molar-refractivity contribution in [2.75, 3.05) is 7.11 Å². The molecule has 0 atom stereocenters. The molecule has 12 heavy (non-hydrogen) atoms. The van der Waals surface area contributed by atoms with E-state index in [1.54, 1.807) is 7.11 Å². The molecular weight excluding hydrogens is 154 g/mol. The van der Waals surface area contributed by atoms with Crippen LogP contribution >= 0.6 is 0 Å². The fourth-order valence-electron chi connectivity index (χ4n) is 0.832. The van der Waals surface area contributed by atoms with E-state index in [-0.39, 0.29) is 5.41 Å². The Labute approximate surface area is 72.4 Å². The molecule has 0 saturated heterocycles. The molecule has 0 saturated carbocycles. The van der Waals surface area contributed by atoms with Crippen LogP contribution in [0.4, 0.5) is 0 Å². The van der Waals surface area contributed by atoms with Gasteiger partial charge in [-0.05, 0) is 0 Å². The molecule has 0 unspecified atom stereocenters. The van der Waals surface area contributed by atoms with E-state index in [9.17, 15) is 0 Å². The van der Waals surface area contributed by atoms with Gasteiger partial charge in [-0.1, -0.05) is 20.8 Å². The fraction of sp³-hybridized carbons (Fsp3) is 0.750. The molecule has 1 N–H and O–H groups in total. The maximum Gasteiger partial charge on any atom is 0.156 e. The average molecular weight is 169 g/mol. The Balaban J connectivity index is 2.77. The number of aromatic amines is 1. The van der Waals surface area contributed by atoms with E-state index in [4.69, 9.17) is 4.74 Å². The van der Waals surface area contributed by atoms with Gasteiger partial charge < -0.3 is 4.74 Å². The first-order valence-corrected chi connectivity index (χ1v) is 3.94. The van der Waals surface area contributed by atoms with Crippen LogP contribution in [-0.2, 0) is 16.8 Å². The largest absolute Gasteiger partial charge is 0.377 e. The second kappa shape index (κ2) is 3.23. The van der Waals surface area contributed by atoms with Crippen molar-refractivity contribution in [2.45, 2.75) is 32.8 Å². The monoisotopic (exact) mass is 169 g/mol. The van der Waals surface area contributed by atoms with Gasteiger partial charge in [0.2, 0.25) is 0 Å². The van der Waals surface area contributed by atoms with Crippen molar-refractivity contribution in [1.82, 2.24) is 15.2 Å². The zero-order valence-electron chi connectivity index (χ0n) is 8.01. The van der Waals surface area contributed by atoms with Gasteiger partial charge in [-0.25, -0.2) is 4.98 Å². The molecule has 1 rings (SSSR count). The van der Waals surface area contributed by atoms with Crippen LogP contribution in [0.5, 0.6) is 0 Å². The molecule has 4 heteroatoms. The number of H-pyrrole nitrogens is 1. The van der Waals surface area contributed by atoms with E-state index in [0.717, 1.165) is 11.6 Å². The Morgan fingerprint density at radius 2 is 2.08 bits per heavy atom. The Hall–Kier alpha value is -0.900. The van der Waals surface area contributed by atoms with Crippen LogP contribution < -0.4 is 0 Å². The first-order valence-electron chi connectivity index (χ1n) is 3.94. The zero-order valence-corrected chi connectivity index (χ0v) is 8.01. The van der Waals surface area contributed by atoms with Gasteiger partial charge >= 0.3 is 0 Å². The summed E-state index contributed by atoms with van der Waals surface area (Å²) in [6.07, 6.45) is 0. The average Bonchev–Trinajstić information content (AvgIpc) is 2.35. The van der Waals surface area contributed by atoms with Gasteiger partial charge in [0.15, 0.2) is 11.6 Å². The minimum atomic E-state index is 0.00247. The highest BCUT2D eigenvalue weighted by Crippen LogP contribution is 2.17. The SMILES string of the molecule is COCc1nc(C(C)(C)C)n[nH]1. The van der Waals surface area contributed by atoms with E-state index in [0.29, 0.717) is 6.61 Å². The molecule has 4 nitrogen and oxygen atoms in total. The summed E-state index contributed by atoms with van der Waals surface area (Å²) in [5, 5.41) is 6.92. The molecule has 0 spiro atoms. The van der Waals surface area contributed by atoms with Crippen molar-refractivity contribution in [2.24, 2.45) is 0 Å². The molecule has 0 aliphatic heterocycles. The van der Waals surface area contributed by atoms with E-state index in [1.807, 2.05) is 0 Å². The normalized spacial score (nSPS) is 12.0. The van der Waals surface area contributed by atoms with Crippen LogP contribution in [0.2, 0.25) is 0 Å². The van der Waals surface area contributed by atoms with Crippen LogP contribution in [-0.4, -0.2) is 22.3 Å². The number of rotatable bonds is 2. The summed E-state index contributed by atoms with van der Waals surface area (Å²) in [4.78, 5) is 4.28. The predicted molar refractivity (Wildman–Crippen MR) is 45.8 cm³/mol. The van der Waals surface area contributed by atoms with Gasteiger partial charge in [0.05, 0.1) is 0 Å². The van der Waals surface area contributed by atoms with Crippen LogP contribution in [0, 0.1) is 0 Å². The topological polar surface area (TPSA) is 50.8 Å². The Kier molecular flexibility index (Phi) is 2.47. The maximum absolute atomic E-state index is 4.92. The van der Waals surface area contributed by atoms with Crippen molar-refractivity contribution >= 4 is 0 Å². The second-order valence-corrected chi connectivity index (χ2v) is 3.79. The highest BCUT2D eigenvalue weighted by molar-refractivity contribution is 5.01. The summed E-state index contributed by atoms with van der Waals surface area (Å²) in [7, 11) is 1.64. The lowest BCUT2D eigenvalue weighted by atomic mass is 9.96. The maximum atomic E-state index is 4.92. The molecule has 1 aromatic rings. The molecule has 1 aromatic heterocycles. The third kappa shape index (κ3) is 2.04. The number of hydrogen-bond acceptors (Lipinski definition) is 3. The van der Waals surface area contributed by atoms with Crippen molar-refractivity contribution in [3.05, 3.63) is 11.6 Å². The van der Waals surface area contributed by atoms with Gasteiger partial charge in [-0.15, -0.1) is 0 Å². The predicted octanol–water partition coefficient (Wildman–Crippen LogP) is 1.25. The Morgan fingerprint density at radius 1 is 1.42 bits per heavy atom. The minimum Gasteiger partial charge on any atom is -0.377 e. The lowest BCUT2D eigenvalue weighted by molar-refractivity contribution is 0.178. The van der Waals surface area contributed by atoms with E-state index in [2.05, 4.69) is 36.0 Å². The lowest BCUT2D eigenvalue weighted by Crippen LogP contribution is -2.13. The quantitative estimate of drug-likeness (QED) is 0.724. The first kappa shape index (κ1) is 9.19. The van der Waals surface area contributed by atoms with Gasteiger partial charge in [0.25, 0.3) is 0 Å². The summed E-state index contributed by atoms with van der Waals surface area (Å²) in [5.74, 6) is 1.61. The van der Waals surface area contributed by atoms with E-state index in [1.165, 1.54) is 0 Å². The Bertz CT molecular complexity index is 249. The number of nitrogens with zero attached hydrogens (tertiary/aromatic N) is 2. The van der Waals surface area contributed by atoms with Crippen LogP contribution in [0.3, 0.4) is 0 Å². The molecule has 0 radical (unpaired) electrons. The zero-order chi connectivity index (χ0) is 9.19. The number of methoxy groups -OCH3 is 1. The van der Waals surface area contributed by atoms with Crippen molar-refractivity contribution in [3.8, 4) is 0 Å². The third-order valence-electron chi connectivity index (χ3n) is 1.48. The smallest absolute Gasteiger partial charge is 0.156 e. The number of aromatic nitrogens is 3. The number of ether oxygens (including phenoxy) is 1. The molecule has 0 fully saturated rings. The summed E-state index contributed by atoms with van der Waals surface area (Å²) in [6.45, 7) is 6.72. The second-order valence-electron chi connectivity index (χ2n) is 3.79. The van der Waals surface area contributed by atoms with Crippen LogP contribution in [0.25, 0.3) is 0 Å². The summed E-state index contributed by atoms with van der Waals surface area (Å²) < 4.78 is 4.92. The standard InChI is InChI=1S/C8H15N3O/c1-8(2,3)7-9-6(5-12-4)10-11-7/h5H2,1-4H3,(H,9,10,11). The number of nitrogens with one attached hydrogen (secondary N) is 1. The van der Waals surface area contributed by atoms with Crippen LogP contribution in [0.1, 0.15) is 32.4 Å². The highest BCUT2D eigenvalue weighted by atomic mass is 16.5. The van der Waals surface area contributed by atoms with Crippen molar-refractivity contribution in [3.63, 3.8) is 0 Å². The van der Waals surface area contributed by atoms with Gasteiger partial charge in [-0.2, -0.15) is 5.10 Å². The highest BCUT2D eigenvalue weighted by Gasteiger charge is 2.18. The molecule has 1 heterocycles. The molecule has 0 aromatic carbocycles. The summed E-state index contributed by atoms with van der Waals surface area (Å²) in [5.41, 5.74) is 0.00247. The number of hydrogen-bond donors (Lipinski definition) is 1. The molecule has 0 amide bonds. The first-order chi connectivity index (χ1) is 5.54. The Morgan fingerprint density at radius 3 is 2.50 bits per heavy atom. The van der Waals surface area contributed by atoms with Crippen LogP contribution in [0.15, 0.2) is 0 Å². The molecule has 0 bridgehead atoms. The molecule has 0 aliphatic carbocycles. The fourth-order valence-corrected chi connectivity index (χ4v) is 0.832. The summed E-state index contributed by atoms with van der Waals surface area (Å²) in [6, 6.07) is 0. The van der Waals surface area contributed by atoms with Gasteiger partial charge in [0, 0.05) is 12.5 Å². The lowest BCUT2D eigenvalue weighted by Gasteiger charge is -2.11. The van der Waals surface area contributed by atoms with Crippen molar-refractivity contribution < 1.29 is 4.74 Å².